The predicted octanol–water partition coefficient (Wildman–Crippen LogP) is 3.59. The van der Waals surface area contributed by atoms with Gasteiger partial charge in [-0.15, -0.1) is 24.0 Å². The van der Waals surface area contributed by atoms with Gasteiger partial charge < -0.3 is 10.6 Å². The Labute approximate surface area is 166 Å². The molecule has 0 radical (unpaired) electrons. The summed E-state index contributed by atoms with van der Waals surface area (Å²) in [6.07, 6.45) is 8.00. The fourth-order valence-corrected chi connectivity index (χ4v) is 3.25. The van der Waals surface area contributed by atoms with Crippen molar-refractivity contribution >= 4 is 39.8 Å². The van der Waals surface area contributed by atoms with E-state index >= 15 is 0 Å². The summed E-state index contributed by atoms with van der Waals surface area (Å²) in [6.45, 7) is 10.1. The van der Waals surface area contributed by atoms with Crippen LogP contribution in [0.1, 0.15) is 66.2 Å². The Hall–Kier alpha value is -0.0500. The van der Waals surface area contributed by atoms with Crippen LogP contribution in [0.4, 0.5) is 0 Å². The number of sulfone groups is 1. The van der Waals surface area contributed by atoms with Gasteiger partial charge in [0, 0.05) is 25.4 Å². The highest BCUT2D eigenvalue weighted by Crippen LogP contribution is 2.15. The van der Waals surface area contributed by atoms with E-state index in [1.54, 1.807) is 0 Å². The number of aliphatic imine (C=N–C) groups is 1. The van der Waals surface area contributed by atoms with E-state index in [2.05, 4.69) is 24.5 Å². The van der Waals surface area contributed by atoms with Gasteiger partial charge in [-0.3, -0.25) is 4.99 Å². The summed E-state index contributed by atoms with van der Waals surface area (Å²) >= 11 is 0. The lowest BCUT2D eigenvalue weighted by Gasteiger charge is -2.19. The molecule has 0 rings (SSSR count). The summed E-state index contributed by atoms with van der Waals surface area (Å²) in [5.74, 6) is 1.64. The van der Waals surface area contributed by atoms with Gasteiger partial charge in [0.2, 0.25) is 0 Å². The third-order valence-corrected chi connectivity index (χ3v) is 4.80. The molecule has 0 aliphatic carbocycles. The van der Waals surface area contributed by atoms with Crippen molar-refractivity contribution in [3.8, 4) is 0 Å². The van der Waals surface area contributed by atoms with Crippen molar-refractivity contribution < 1.29 is 8.42 Å². The lowest BCUT2D eigenvalue weighted by molar-refractivity contribution is 0.438. The smallest absolute Gasteiger partial charge is 0.191 e. The first-order chi connectivity index (χ1) is 10.8. The minimum Gasteiger partial charge on any atom is -0.357 e. The molecule has 0 aromatic carbocycles. The maximum absolute atomic E-state index is 11.3. The van der Waals surface area contributed by atoms with Crippen LogP contribution in [-0.2, 0) is 9.84 Å². The molecule has 2 unspecified atom stereocenters. The Balaban J connectivity index is 0. The zero-order valence-corrected chi connectivity index (χ0v) is 19.2. The second-order valence-corrected chi connectivity index (χ2v) is 8.74. The average Bonchev–Trinajstić information content (AvgIpc) is 2.47. The Morgan fingerprint density at radius 2 is 1.75 bits per heavy atom. The summed E-state index contributed by atoms with van der Waals surface area (Å²) in [5, 5.41) is 6.57. The third kappa shape index (κ3) is 15.5. The number of rotatable bonds is 12. The largest absolute Gasteiger partial charge is 0.357 e. The quantitative estimate of drug-likeness (QED) is 0.257. The SMILES string of the molecule is CCCCC(CCC)CN=C(NCC)NC(C)CCS(C)(=O)=O.I. The predicted molar refractivity (Wildman–Crippen MR) is 116 cm³/mol. The number of nitrogens with zero attached hydrogens (tertiary/aromatic N) is 1. The third-order valence-electron chi connectivity index (χ3n) is 3.82. The summed E-state index contributed by atoms with van der Waals surface area (Å²) in [6, 6.07) is 0.0859. The van der Waals surface area contributed by atoms with Gasteiger partial charge in [-0.25, -0.2) is 8.42 Å². The molecule has 24 heavy (non-hydrogen) atoms. The molecular weight excluding hydrogens is 437 g/mol. The average molecular weight is 475 g/mol. The molecule has 0 spiro atoms. The zero-order chi connectivity index (χ0) is 17.7. The van der Waals surface area contributed by atoms with Crippen molar-refractivity contribution in [1.82, 2.24) is 10.6 Å². The first-order valence-corrected chi connectivity index (χ1v) is 11.1. The lowest BCUT2D eigenvalue weighted by Crippen LogP contribution is -2.43. The molecule has 0 amide bonds. The van der Waals surface area contributed by atoms with E-state index in [0.29, 0.717) is 12.3 Å². The highest BCUT2D eigenvalue weighted by molar-refractivity contribution is 14.0. The maximum Gasteiger partial charge on any atom is 0.191 e. The fourth-order valence-electron chi connectivity index (χ4n) is 2.46. The molecule has 0 aliphatic heterocycles. The summed E-state index contributed by atoms with van der Waals surface area (Å²) < 4.78 is 22.5. The highest BCUT2D eigenvalue weighted by atomic mass is 127. The molecule has 0 aromatic rings. The van der Waals surface area contributed by atoms with Gasteiger partial charge in [-0.1, -0.05) is 33.1 Å². The van der Waals surface area contributed by atoms with E-state index in [-0.39, 0.29) is 35.8 Å². The van der Waals surface area contributed by atoms with Gasteiger partial charge in [-0.2, -0.15) is 0 Å². The van der Waals surface area contributed by atoms with Gasteiger partial charge in [0.1, 0.15) is 9.84 Å². The van der Waals surface area contributed by atoms with E-state index in [4.69, 9.17) is 4.99 Å². The molecular formula is C17H38IN3O2S. The molecule has 0 saturated heterocycles. The molecule has 0 aliphatic rings. The Morgan fingerprint density at radius 1 is 1.08 bits per heavy atom. The molecule has 0 heterocycles. The Bertz CT molecular complexity index is 428. The van der Waals surface area contributed by atoms with Gasteiger partial charge in [0.15, 0.2) is 5.96 Å². The van der Waals surface area contributed by atoms with Crippen molar-refractivity contribution in [1.29, 1.82) is 0 Å². The van der Waals surface area contributed by atoms with Crippen LogP contribution >= 0.6 is 24.0 Å². The molecule has 0 fully saturated rings. The molecule has 5 nitrogen and oxygen atoms in total. The second kappa shape index (κ2) is 15.2. The normalized spacial score (nSPS) is 14.6. The van der Waals surface area contributed by atoms with Crippen molar-refractivity contribution in [3.63, 3.8) is 0 Å². The molecule has 0 aromatic heterocycles. The van der Waals surface area contributed by atoms with Crippen LogP contribution in [-0.4, -0.2) is 45.5 Å². The maximum atomic E-state index is 11.3. The molecule has 0 saturated carbocycles. The Morgan fingerprint density at radius 3 is 2.25 bits per heavy atom. The van der Waals surface area contributed by atoms with Gasteiger partial charge in [-0.05, 0) is 39.0 Å². The highest BCUT2D eigenvalue weighted by Gasteiger charge is 2.11. The molecule has 7 heteroatoms. The van der Waals surface area contributed by atoms with Crippen molar-refractivity contribution in [2.75, 3.05) is 25.1 Å². The van der Waals surface area contributed by atoms with E-state index < -0.39 is 9.84 Å². The zero-order valence-electron chi connectivity index (χ0n) is 16.1. The monoisotopic (exact) mass is 475 g/mol. The van der Waals surface area contributed by atoms with E-state index in [0.717, 1.165) is 19.0 Å². The van der Waals surface area contributed by atoms with Crippen molar-refractivity contribution in [2.45, 2.75) is 72.3 Å². The number of hydrogen-bond acceptors (Lipinski definition) is 3. The number of unbranched alkanes of at least 4 members (excludes halogenated alkanes) is 1. The van der Waals surface area contributed by atoms with Crippen LogP contribution in [0.25, 0.3) is 0 Å². The molecule has 2 N–H and O–H groups in total. The Kier molecular flexibility index (Phi) is 16.6. The van der Waals surface area contributed by atoms with Crippen LogP contribution in [0.3, 0.4) is 0 Å². The minimum absolute atomic E-state index is 0. The standard InChI is InChI=1S/C17H37N3O2S.HI/c1-6-9-11-16(10-7-2)14-19-17(18-8-3)20-15(4)12-13-23(5,21)22;/h15-16H,6-14H2,1-5H3,(H2,18,19,20);1H. The molecule has 2 atom stereocenters. The van der Waals surface area contributed by atoms with E-state index in [1.807, 2.05) is 13.8 Å². The summed E-state index contributed by atoms with van der Waals surface area (Å²) in [5.41, 5.74) is 0. The first-order valence-electron chi connectivity index (χ1n) is 9.04. The number of guanidine groups is 1. The minimum atomic E-state index is -2.91. The van der Waals surface area contributed by atoms with Gasteiger partial charge in [0.25, 0.3) is 0 Å². The van der Waals surface area contributed by atoms with Crippen molar-refractivity contribution in [2.24, 2.45) is 10.9 Å². The van der Waals surface area contributed by atoms with Gasteiger partial charge >= 0.3 is 0 Å². The summed E-state index contributed by atoms with van der Waals surface area (Å²) in [4.78, 5) is 4.71. The summed E-state index contributed by atoms with van der Waals surface area (Å²) in [7, 11) is -2.91. The first kappa shape index (κ1) is 26.2. The van der Waals surface area contributed by atoms with Crippen LogP contribution in [0.15, 0.2) is 4.99 Å². The van der Waals surface area contributed by atoms with E-state index in [1.165, 1.54) is 38.4 Å². The van der Waals surface area contributed by atoms with Crippen LogP contribution in [0, 0.1) is 5.92 Å². The van der Waals surface area contributed by atoms with Crippen LogP contribution in [0.2, 0.25) is 0 Å². The fraction of sp³-hybridized carbons (Fsp3) is 0.941. The van der Waals surface area contributed by atoms with Crippen LogP contribution < -0.4 is 10.6 Å². The lowest BCUT2D eigenvalue weighted by atomic mass is 9.97. The topological polar surface area (TPSA) is 70.6 Å². The van der Waals surface area contributed by atoms with E-state index in [9.17, 15) is 8.42 Å². The molecule has 0 bridgehead atoms. The van der Waals surface area contributed by atoms with Gasteiger partial charge in [0.05, 0.1) is 5.75 Å². The number of nitrogens with one attached hydrogen (secondary N) is 2. The number of halogens is 1. The van der Waals surface area contributed by atoms with Crippen LogP contribution in [0.5, 0.6) is 0 Å². The number of hydrogen-bond donors (Lipinski definition) is 2. The van der Waals surface area contributed by atoms with Crippen molar-refractivity contribution in [3.05, 3.63) is 0 Å². The second-order valence-electron chi connectivity index (χ2n) is 6.48. The molecule has 146 valence electrons.